The number of aliphatic hydroxyl groups is 1. The van der Waals surface area contributed by atoms with Crippen molar-refractivity contribution in [3.8, 4) is 0 Å². The second-order valence-corrected chi connectivity index (χ2v) is 8.35. The Kier molecular flexibility index (Phi) is 5.26. The average molecular weight is 371 g/mol. The minimum atomic E-state index is -0.516. The monoisotopic (exact) mass is 370 g/mol. The lowest BCUT2D eigenvalue weighted by Gasteiger charge is -2.06. The number of nitrogens with one attached hydrogen (secondary N) is 1. The average Bonchev–Trinajstić information content (AvgIpc) is 3.15. The van der Waals surface area contributed by atoms with Crippen molar-refractivity contribution >= 4 is 35.0 Å². The zero-order chi connectivity index (χ0) is 16.6. The molecule has 0 radical (unpaired) electrons. The highest BCUT2D eigenvalue weighted by atomic mass is 35.5. The summed E-state index contributed by atoms with van der Waals surface area (Å²) in [5.74, 6) is 1.59. The molecule has 1 aliphatic carbocycles. The summed E-state index contributed by atoms with van der Waals surface area (Å²) >= 11 is 13.7. The van der Waals surface area contributed by atoms with Gasteiger partial charge in [0, 0.05) is 14.9 Å². The van der Waals surface area contributed by atoms with E-state index in [1.807, 2.05) is 12.1 Å². The standard InChI is InChI=1S/C17H20Cl2N2OS/c1-9(2)15-17(23-13-7-11(18)6-12(19)8-13)21-16(20-15)14(22)5-10-3-4-10/h6-10,14,22H,3-5H2,1-2H3,(H,20,21). The second-order valence-electron chi connectivity index (χ2n) is 6.39. The van der Waals surface area contributed by atoms with Crippen molar-refractivity contribution in [2.45, 2.75) is 55.1 Å². The zero-order valence-corrected chi connectivity index (χ0v) is 15.5. The number of hydrogen-bond acceptors (Lipinski definition) is 3. The number of hydrogen-bond donors (Lipinski definition) is 2. The Labute approximate surface area is 150 Å². The fraction of sp³-hybridized carbons (Fsp3) is 0.471. The first-order valence-corrected chi connectivity index (χ1v) is 9.41. The first kappa shape index (κ1) is 17.2. The number of aliphatic hydroxyl groups excluding tert-OH is 1. The van der Waals surface area contributed by atoms with Crippen molar-refractivity contribution in [3.63, 3.8) is 0 Å². The van der Waals surface area contributed by atoms with Crippen LogP contribution in [0.25, 0.3) is 0 Å². The van der Waals surface area contributed by atoms with Crippen LogP contribution in [0, 0.1) is 5.92 Å². The Morgan fingerprint density at radius 3 is 2.48 bits per heavy atom. The van der Waals surface area contributed by atoms with Crippen LogP contribution in [0.3, 0.4) is 0 Å². The molecular weight excluding hydrogens is 351 g/mol. The Morgan fingerprint density at radius 1 is 1.26 bits per heavy atom. The van der Waals surface area contributed by atoms with Gasteiger partial charge in [0.15, 0.2) is 0 Å². The molecular formula is C17H20Cl2N2OS. The Hall–Kier alpha value is -0.680. The number of nitrogens with zero attached hydrogens (tertiary/aromatic N) is 1. The molecule has 2 N–H and O–H groups in total. The lowest BCUT2D eigenvalue weighted by atomic mass is 10.1. The number of aromatic amines is 1. The van der Waals surface area contributed by atoms with Crippen molar-refractivity contribution in [1.29, 1.82) is 0 Å². The van der Waals surface area contributed by atoms with E-state index in [1.54, 1.807) is 17.8 Å². The molecule has 1 aromatic carbocycles. The van der Waals surface area contributed by atoms with Crippen LogP contribution in [0.2, 0.25) is 10.0 Å². The molecule has 1 atom stereocenters. The van der Waals surface area contributed by atoms with Crippen LogP contribution in [0.4, 0.5) is 0 Å². The first-order chi connectivity index (χ1) is 10.9. The second kappa shape index (κ2) is 7.06. The molecule has 3 nitrogen and oxygen atoms in total. The van der Waals surface area contributed by atoms with Gasteiger partial charge in [0.1, 0.15) is 17.0 Å². The highest BCUT2D eigenvalue weighted by Crippen LogP contribution is 2.39. The van der Waals surface area contributed by atoms with Gasteiger partial charge in [0.05, 0.1) is 5.69 Å². The number of rotatable bonds is 6. The molecule has 0 saturated heterocycles. The minimum absolute atomic E-state index is 0.269. The van der Waals surface area contributed by atoms with Gasteiger partial charge in [-0.05, 0) is 36.5 Å². The van der Waals surface area contributed by atoms with Crippen LogP contribution in [0.1, 0.15) is 56.7 Å². The summed E-state index contributed by atoms with van der Waals surface area (Å²) in [5.41, 5.74) is 0.968. The normalized spacial score (nSPS) is 16.1. The van der Waals surface area contributed by atoms with Crippen LogP contribution in [-0.2, 0) is 0 Å². The van der Waals surface area contributed by atoms with Crippen molar-refractivity contribution in [3.05, 3.63) is 39.8 Å². The summed E-state index contributed by atoms with van der Waals surface area (Å²) in [6.45, 7) is 4.20. The van der Waals surface area contributed by atoms with Crippen molar-refractivity contribution in [1.82, 2.24) is 9.97 Å². The van der Waals surface area contributed by atoms with Gasteiger partial charge in [-0.1, -0.05) is 61.7 Å². The third-order valence-electron chi connectivity index (χ3n) is 3.89. The molecule has 0 bridgehead atoms. The van der Waals surface area contributed by atoms with Gasteiger partial charge >= 0.3 is 0 Å². The van der Waals surface area contributed by atoms with Crippen LogP contribution < -0.4 is 0 Å². The molecule has 1 aliphatic rings. The maximum atomic E-state index is 10.4. The third kappa shape index (κ3) is 4.44. The van der Waals surface area contributed by atoms with Crippen molar-refractivity contribution < 1.29 is 5.11 Å². The van der Waals surface area contributed by atoms with Gasteiger partial charge in [0.25, 0.3) is 0 Å². The van der Waals surface area contributed by atoms with Gasteiger partial charge < -0.3 is 10.1 Å². The molecule has 0 spiro atoms. The van der Waals surface area contributed by atoms with E-state index in [-0.39, 0.29) is 5.92 Å². The van der Waals surface area contributed by atoms with E-state index >= 15 is 0 Å². The SMILES string of the molecule is CC(C)c1nc(C(O)CC2CC2)[nH]c1Sc1cc(Cl)cc(Cl)c1. The molecule has 1 aromatic heterocycles. The molecule has 0 aliphatic heterocycles. The molecule has 1 saturated carbocycles. The largest absolute Gasteiger partial charge is 0.385 e. The fourth-order valence-corrected chi connectivity index (χ4v) is 4.31. The molecule has 1 fully saturated rings. The lowest BCUT2D eigenvalue weighted by Crippen LogP contribution is -2.01. The highest BCUT2D eigenvalue weighted by Gasteiger charge is 2.27. The van der Waals surface area contributed by atoms with Crippen molar-refractivity contribution in [2.24, 2.45) is 5.92 Å². The maximum Gasteiger partial charge on any atom is 0.136 e. The van der Waals surface area contributed by atoms with Gasteiger partial charge in [-0.3, -0.25) is 0 Å². The number of halogens is 2. The highest BCUT2D eigenvalue weighted by molar-refractivity contribution is 7.99. The molecule has 124 valence electrons. The van der Waals surface area contributed by atoms with Crippen LogP contribution in [0.15, 0.2) is 28.1 Å². The third-order valence-corrected chi connectivity index (χ3v) is 5.31. The number of H-pyrrole nitrogens is 1. The van der Waals surface area contributed by atoms with Gasteiger partial charge in [0.2, 0.25) is 0 Å². The first-order valence-electron chi connectivity index (χ1n) is 7.84. The van der Waals surface area contributed by atoms with E-state index in [0.717, 1.165) is 22.0 Å². The van der Waals surface area contributed by atoms with E-state index in [1.165, 1.54) is 12.8 Å². The van der Waals surface area contributed by atoms with Crippen LogP contribution in [0.5, 0.6) is 0 Å². The molecule has 1 unspecified atom stereocenters. The predicted molar refractivity (Wildman–Crippen MR) is 95.6 cm³/mol. The maximum absolute atomic E-state index is 10.4. The minimum Gasteiger partial charge on any atom is -0.385 e. The molecule has 6 heteroatoms. The number of benzene rings is 1. The number of aromatic nitrogens is 2. The smallest absolute Gasteiger partial charge is 0.136 e. The van der Waals surface area contributed by atoms with E-state index < -0.39 is 6.10 Å². The topological polar surface area (TPSA) is 48.9 Å². The van der Waals surface area contributed by atoms with Gasteiger partial charge in [-0.2, -0.15) is 0 Å². The summed E-state index contributed by atoms with van der Waals surface area (Å²) in [7, 11) is 0. The fourth-order valence-electron chi connectivity index (χ4n) is 2.50. The molecule has 2 aromatic rings. The van der Waals surface area contributed by atoms with Crippen molar-refractivity contribution in [2.75, 3.05) is 0 Å². The van der Waals surface area contributed by atoms with E-state index in [9.17, 15) is 5.11 Å². The summed E-state index contributed by atoms with van der Waals surface area (Å²) in [6, 6.07) is 5.47. The van der Waals surface area contributed by atoms with Gasteiger partial charge in [-0.25, -0.2) is 4.98 Å². The Morgan fingerprint density at radius 2 is 1.91 bits per heavy atom. The summed E-state index contributed by atoms with van der Waals surface area (Å²) in [4.78, 5) is 8.89. The lowest BCUT2D eigenvalue weighted by molar-refractivity contribution is 0.151. The Bertz CT molecular complexity index is 678. The van der Waals surface area contributed by atoms with Gasteiger partial charge in [-0.15, -0.1) is 0 Å². The molecule has 23 heavy (non-hydrogen) atoms. The summed E-state index contributed by atoms with van der Waals surface area (Å²) < 4.78 is 0. The zero-order valence-electron chi connectivity index (χ0n) is 13.1. The number of imidazole rings is 1. The van der Waals surface area contributed by atoms with E-state index in [2.05, 4.69) is 23.8 Å². The summed E-state index contributed by atoms with van der Waals surface area (Å²) in [5, 5.41) is 12.5. The Balaban J connectivity index is 1.85. The van der Waals surface area contributed by atoms with Crippen LogP contribution in [-0.4, -0.2) is 15.1 Å². The molecule has 3 rings (SSSR count). The predicted octanol–water partition coefficient (Wildman–Crippen LogP) is 5.82. The van der Waals surface area contributed by atoms with Crippen LogP contribution >= 0.6 is 35.0 Å². The molecule has 1 heterocycles. The molecule has 0 amide bonds. The summed E-state index contributed by atoms with van der Waals surface area (Å²) in [6.07, 6.45) is 2.71. The quantitative estimate of drug-likeness (QED) is 0.672. The van der Waals surface area contributed by atoms with E-state index in [4.69, 9.17) is 23.2 Å². The van der Waals surface area contributed by atoms with E-state index in [0.29, 0.717) is 21.8 Å².